The zero-order valence-electron chi connectivity index (χ0n) is 19.1. The van der Waals surface area contributed by atoms with Crippen LogP contribution in [0.3, 0.4) is 0 Å². The Morgan fingerprint density at radius 1 is 1.14 bits per heavy atom. The van der Waals surface area contributed by atoms with Gasteiger partial charge in [-0.15, -0.1) is 0 Å². The largest absolute Gasteiger partial charge is 0.416 e. The van der Waals surface area contributed by atoms with Crippen molar-refractivity contribution in [1.29, 1.82) is 0 Å². The van der Waals surface area contributed by atoms with Crippen LogP contribution in [-0.2, 0) is 19.3 Å². The first-order valence-corrected chi connectivity index (χ1v) is 11.5. The number of aromatic nitrogens is 4. The molecule has 4 heterocycles. The normalized spacial score (nSPS) is 15.4. The molecule has 1 aliphatic rings. The number of aryl methyl sites for hydroxylation is 1. The van der Waals surface area contributed by atoms with E-state index in [4.69, 9.17) is 0 Å². The average Bonchev–Trinajstić information content (AvgIpc) is 3.51. The number of fused-ring (bicyclic) bond motifs is 4. The number of rotatable bonds is 4. The van der Waals surface area contributed by atoms with E-state index >= 15 is 0 Å². The van der Waals surface area contributed by atoms with Gasteiger partial charge in [-0.25, -0.2) is 14.4 Å². The van der Waals surface area contributed by atoms with Crippen LogP contribution in [-0.4, -0.2) is 30.1 Å². The van der Waals surface area contributed by atoms with Crippen LogP contribution in [0.1, 0.15) is 40.0 Å². The van der Waals surface area contributed by atoms with Crippen molar-refractivity contribution in [2.24, 2.45) is 0 Å². The van der Waals surface area contributed by atoms with E-state index in [0.717, 1.165) is 12.1 Å². The van der Waals surface area contributed by atoms with E-state index in [1.165, 1.54) is 41.1 Å². The minimum absolute atomic E-state index is 0.0196. The third-order valence-electron chi connectivity index (χ3n) is 6.49. The Labute approximate surface area is 207 Å². The van der Waals surface area contributed by atoms with Crippen LogP contribution in [0.25, 0.3) is 22.1 Å². The number of amides is 1. The van der Waals surface area contributed by atoms with Crippen LogP contribution < -0.4 is 5.32 Å². The highest BCUT2D eigenvalue weighted by Gasteiger charge is 2.31. The molecule has 188 valence electrons. The number of carbonyl (C=O) groups is 1. The van der Waals surface area contributed by atoms with Crippen molar-refractivity contribution in [3.63, 3.8) is 0 Å². The monoisotopic (exact) mass is 509 g/mol. The molecule has 0 radical (unpaired) electrons. The standard InChI is InChI=1S/C26H19F4N5O2/c27-17-3-1-2-14(8-17)13-35-20-10-16(26(28,29)30)5-4-15(20)9-21(35)25(37)32-18-11-19-23(31-12-18)34-7-6-22(36)24(34)33-19/h1-5,8-12,22,36H,6-7,13H2,(H,32,37). The summed E-state index contributed by atoms with van der Waals surface area (Å²) in [6.07, 6.45) is -3.22. The Balaban J connectivity index is 1.39. The van der Waals surface area contributed by atoms with Crippen molar-refractivity contribution in [2.45, 2.75) is 31.8 Å². The number of nitrogens with one attached hydrogen (secondary N) is 1. The second-order valence-corrected chi connectivity index (χ2v) is 8.96. The summed E-state index contributed by atoms with van der Waals surface area (Å²) in [6.45, 7) is 0.570. The first kappa shape index (κ1) is 23.2. The van der Waals surface area contributed by atoms with Crippen LogP contribution in [0, 0.1) is 5.82 Å². The van der Waals surface area contributed by atoms with E-state index in [9.17, 15) is 27.5 Å². The fourth-order valence-electron chi connectivity index (χ4n) is 4.75. The topological polar surface area (TPSA) is 85.0 Å². The molecular weight excluding hydrogens is 490 g/mol. The van der Waals surface area contributed by atoms with Crippen LogP contribution in [0.4, 0.5) is 23.2 Å². The van der Waals surface area contributed by atoms with Crippen molar-refractivity contribution in [3.05, 3.63) is 89.3 Å². The van der Waals surface area contributed by atoms with E-state index in [-0.39, 0.29) is 17.8 Å². The lowest BCUT2D eigenvalue weighted by atomic mass is 10.1. The summed E-state index contributed by atoms with van der Waals surface area (Å²) in [5.41, 5.74) is 1.35. The first-order valence-electron chi connectivity index (χ1n) is 11.5. The molecule has 7 nitrogen and oxygen atoms in total. The van der Waals surface area contributed by atoms with Crippen molar-refractivity contribution < 1.29 is 27.5 Å². The molecule has 0 saturated carbocycles. The number of carbonyl (C=O) groups excluding carboxylic acids is 1. The third-order valence-corrected chi connectivity index (χ3v) is 6.49. The van der Waals surface area contributed by atoms with Gasteiger partial charge in [0.2, 0.25) is 0 Å². The van der Waals surface area contributed by atoms with E-state index in [1.807, 2.05) is 4.57 Å². The zero-order chi connectivity index (χ0) is 25.9. The van der Waals surface area contributed by atoms with Gasteiger partial charge in [0, 0.05) is 24.0 Å². The van der Waals surface area contributed by atoms with Crippen molar-refractivity contribution >= 4 is 33.7 Å². The number of aliphatic hydroxyl groups is 1. The maximum absolute atomic E-state index is 13.8. The van der Waals surface area contributed by atoms with Crippen LogP contribution >= 0.6 is 0 Å². The molecule has 1 unspecified atom stereocenters. The lowest BCUT2D eigenvalue weighted by molar-refractivity contribution is -0.137. The Bertz CT molecular complexity index is 1690. The summed E-state index contributed by atoms with van der Waals surface area (Å²) in [5, 5.41) is 13.2. The molecule has 2 aromatic carbocycles. The highest BCUT2D eigenvalue weighted by Crippen LogP contribution is 2.33. The van der Waals surface area contributed by atoms with Crippen LogP contribution in [0.2, 0.25) is 0 Å². The fraction of sp³-hybridized carbons (Fsp3) is 0.192. The second-order valence-electron chi connectivity index (χ2n) is 8.96. The van der Waals surface area contributed by atoms with E-state index in [2.05, 4.69) is 15.3 Å². The van der Waals surface area contributed by atoms with Gasteiger partial charge in [0.25, 0.3) is 5.91 Å². The fourth-order valence-corrected chi connectivity index (χ4v) is 4.75. The number of hydrogen-bond acceptors (Lipinski definition) is 4. The van der Waals surface area contributed by atoms with Crippen molar-refractivity contribution in [2.75, 3.05) is 5.32 Å². The Hall–Kier alpha value is -4.25. The van der Waals surface area contributed by atoms with Gasteiger partial charge >= 0.3 is 6.18 Å². The van der Waals surface area contributed by atoms with Gasteiger partial charge in [0.15, 0.2) is 5.65 Å². The number of hydrogen-bond donors (Lipinski definition) is 2. The number of alkyl halides is 3. The summed E-state index contributed by atoms with van der Waals surface area (Å²) in [7, 11) is 0. The van der Waals surface area contributed by atoms with Gasteiger partial charge in [0.05, 0.1) is 17.4 Å². The van der Waals surface area contributed by atoms with Gasteiger partial charge in [-0.05, 0) is 48.4 Å². The molecule has 2 N–H and O–H groups in total. The summed E-state index contributed by atoms with van der Waals surface area (Å²) in [6, 6.07) is 12.0. The summed E-state index contributed by atoms with van der Waals surface area (Å²) >= 11 is 0. The Morgan fingerprint density at radius 2 is 1.97 bits per heavy atom. The number of aliphatic hydroxyl groups excluding tert-OH is 1. The lowest BCUT2D eigenvalue weighted by Crippen LogP contribution is -2.18. The van der Waals surface area contributed by atoms with Gasteiger partial charge in [-0.1, -0.05) is 18.2 Å². The smallest absolute Gasteiger partial charge is 0.385 e. The molecule has 1 amide bonds. The summed E-state index contributed by atoms with van der Waals surface area (Å²) < 4.78 is 57.3. The maximum Gasteiger partial charge on any atom is 0.416 e. The minimum atomic E-state index is -4.57. The number of imidazole rings is 1. The molecule has 0 aliphatic carbocycles. The van der Waals surface area contributed by atoms with Crippen molar-refractivity contribution in [1.82, 2.24) is 19.1 Å². The predicted octanol–water partition coefficient (Wildman–Crippen LogP) is 5.28. The average molecular weight is 509 g/mol. The quantitative estimate of drug-likeness (QED) is 0.323. The molecule has 6 rings (SSSR count). The molecule has 0 spiro atoms. The van der Waals surface area contributed by atoms with Crippen LogP contribution in [0.5, 0.6) is 0 Å². The number of nitrogens with zero attached hydrogens (tertiary/aromatic N) is 4. The van der Waals surface area contributed by atoms with E-state index in [0.29, 0.717) is 46.6 Å². The molecule has 5 aromatic rings. The highest BCUT2D eigenvalue weighted by molar-refractivity contribution is 6.07. The van der Waals surface area contributed by atoms with E-state index in [1.54, 1.807) is 12.1 Å². The van der Waals surface area contributed by atoms with Gasteiger partial charge < -0.3 is 19.6 Å². The number of anilines is 1. The highest BCUT2D eigenvalue weighted by atomic mass is 19.4. The third kappa shape index (κ3) is 4.10. The van der Waals surface area contributed by atoms with Gasteiger partial charge in [0.1, 0.15) is 29.0 Å². The lowest BCUT2D eigenvalue weighted by Gasteiger charge is -2.13. The van der Waals surface area contributed by atoms with Gasteiger partial charge in [-0.3, -0.25) is 4.79 Å². The van der Waals surface area contributed by atoms with Crippen LogP contribution in [0.15, 0.2) is 60.8 Å². The number of pyridine rings is 1. The summed E-state index contributed by atoms with van der Waals surface area (Å²) in [4.78, 5) is 22.1. The molecule has 0 saturated heterocycles. The molecule has 0 bridgehead atoms. The van der Waals surface area contributed by atoms with E-state index < -0.39 is 29.6 Å². The van der Waals surface area contributed by atoms with Gasteiger partial charge in [-0.2, -0.15) is 13.2 Å². The summed E-state index contributed by atoms with van der Waals surface area (Å²) in [5.74, 6) is -0.553. The van der Waals surface area contributed by atoms with Crippen molar-refractivity contribution in [3.8, 4) is 0 Å². The maximum atomic E-state index is 13.8. The molecule has 1 aliphatic heterocycles. The predicted molar refractivity (Wildman–Crippen MR) is 128 cm³/mol. The first-order chi connectivity index (χ1) is 17.7. The Kier molecular flexibility index (Phi) is 5.27. The SMILES string of the molecule is O=C(Nc1cnc2c(c1)nc1n2CCC1O)c1cc2ccc(C(F)(F)F)cc2n1Cc1cccc(F)c1. The number of benzene rings is 2. The molecule has 11 heteroatoms. The minimum Gasteiger partial charge on any atom is -0.385 e. The molecule has 1 atom stereocenters. The molecular formula is C26H19F4N5O2. The zero-order valence-corrected chi connectivity index (χ0v) is 19.1. The molecule has 0 fully saturated rings. The second kappa shape index (κ2) is 8.41. The molecule has 37 heavy (non-hydrogen) atoms. The Morgan fingerprint density at radius 3 is 2.76 bits per heavy atom. The molecule has 3 aromatic heterocycles. The number of halogens is 4.